The van der Waals surface area contributed by atoms with Crippen molar-refractivity contribution in [2.75, 3.05) is 28.0 Å². The molecule has 9 heteroatoms. The van der Waals surface area contributed by atoms with Gasteiger partial charge in [-0.2, -0.15) is 8.42 Å². The first kappa shape index (κ1) is 19.0. The summed E-state index contributed by atoms with van der Waals surface area (Å²) in [7, 11) is -0.680. The fraction of sp³-hybridized carbons (Fsp3) is 0.278. The first-order valence-corrected chi connectivity index (χ1v) is 9.62. The molecule has 1 N–H and O–H groups in total. The van der Waals surface area contributed by atoms with Crippen molar-refractivity contribution in [2.45, 2.75) is 20.0 Å². The Morgan fingerprint density at radius 1 is 1.15 bits per heavy atom. The minimum Gasteiger partial charge on any atom is -0.478 e. The Labute approximate surface area is 157 Å². The van der Waals surface area contributed by atoms with Crippen LogP contribution in [0.3, 0.4) is 0 Å². The number of halogens is 1. The van der Waals surface area contributed by atoms with Gasteiger partial charge >= 0.3 is 10.2 Å². The third-order valence-corrected chi connectivity index (χ3v) is 6.24. The van der Waals surface area contributed by atoms with Crippen LogP contribution in [0.25, 0.3) is 0 Å². The highest BCUT2D eigenvalue weighted by molar-refractivity contribution is 7.94. The van der Waals surface area contributed by atoms with E-state index in [1.807, 2.05) is 0 Å². The fourth-order valence-electron chi connectivity index (χ4n) is 2.77. The lowest BCUT2D eigenvalue weighted by Gasteiger charge is -2.17. The number of carbonyl (C=O) groups is 1. The maximum atomic E-state index is 13.7. The van der Waals surface area contributed by atoms with Gasteiger partial charge in [-0.15, -0.1) is 0 Å². The number of nitrogens with one attached hydrogen (secondary N) is 1. The summed E-state index contributed by atoms with van der Waals surface area (Å²) >= 11 is 0. The van der Waals surface area contributed by atoms with Gasteiger partial charge in [0, 0.05) is 19.8 Å². The van der Waals surface area contributed by atoms with Gasteiger partial charge in [0.25, 0.3) is 5.91 Å². The van der Waals surface area contributed by atoms with Gasteiger partial charge in [0.15, 0.2) is 17.7 Å². The van der Waals surface area contributed by atoms with Gasteiger partial charge in [-0.25, -0.2) is 4.39 Å². The Balaban J connectivity index is 1.81. The molecule has 1 atom stereocenters. The van der Waals surface area contributed by atoms with E-state index in [4.69, 9.17) is 4.74 Å². The standard InChI is InChI=1S/C18H20FN3O4S/c1-11-9-15-16(22(4)27(24,25)21(15)3)10-14(11)20-18(23)12(2)26-17-8-6-5-7-13(17)19/h5-10,12H,1-4H3,(H,20,23)/t12-/m0/s1. The number of fused-ring (bicyclic) bond motifs is 1. The van der Waals surface area contributed by atoms with Gasteiger partial charge in [-0.3, -0.25) is 13.4 Å². The minimum atomic E-state index is -3.60. The smallest absolute Gasteiger partial charge is 0.326 e. The third-order valence-electron chi connectivity index (χ3n) is 4.46. The second-order valence-electron chi connectivity index (χ2n) is 6.28. The number of anilines is 3. The van der Waals surface area contributed by atoms with Gasteiger partial charge < -0.3 is 10.1 Å². The zero-order valence-corrected chi connectivity index (χ0v) is 16.2. The largest absolute Gasteiger partial charge is 0.478 e. The van der Waals surface area contributed by atoms with Gasteiger partial charge in [-0.1, -0.05) is 12.1 Å². The number of benzene rings is 2. The van der Waals surface area contributed by atoms with Crippen LogP contribution in [0.5, 0.6) is 5.75 Å². The highest BCUT2D eigenvalue weighted by atomic mass is 32.2. The molecule has 1 aliphatic heterocycles. The number of ether oxygens (including phenoxy) is 1. The SMILES string of the molecule is Cc1cc2c(cc1NC(=O)[C@H](C)Oc1ccccc1F)N(C)S(=O)(=O)N2C. The number of para-hydroxylation sites is 1. The zero-order chi connectivity index (χ0) is 19.9. The lowest BCUT2D eigenvalue weighted by Crippen LogP contribution is -2.32. The summed E-state index contributed by atoms with van der Waals surface area (Å²) in [6, 6.07) is 9.11. The number of amides is 1. The molecule has 144 valence electrons. The molecular formula is C18H20FN3O4S. The van der Waals surface area contributed by atoms with E-state index in [-0.39, 0.29) is 5.75 Å². The molecule has 2 aromatic carbocycles. The molecule has 7 nitrogen and oxygen atoms in total. The fourth-order valence-corrected chi connectivity index (χ4v) is 3.93. The van der Waals surface area contributed by atoms with Crippen LogP contribution >= 0.6 is 0 Å². The molecule has 0 fully saturated rings. The lowest BCUT2D eigenvalue weighted by atomic mass is 10.1. The lowest BCUT2D eigenvalue weighted by molar-refractivity contribution is -0.122. The summed E-state index contributed by atoms with van der Waals surface area (Å²) in [4.78, 5) is 12.5. The number of hydrogen-bond acceptors (Lipinski definition) is 4. The Kier molecular flexibility index (Phi) is 4.73. The van der Waals surface area contributed by atoms with Crippen LogP contribution in [0, 0.1) is 12.7 Å². The summed E-state index contributed by atoms with van der Waals surface area (Å²) in [5.74, 6) is -1.04. The maximum Gasteiger partial charge on any atom is 0.326 e. The number of rotatable bonds is 4. The molecule has 0 aromatic heterocycles. The Hall–Kier alpha value is -2.81. The summed E-state index contributed by atoms with van der Waals surface area (Å²) in [5, 5.41) is 2.72. The molecule has 0 unspecified atom stereocenters. The first-order valence-electron chi connectivity index (χ1n) is 8.22. The molecule has 27 heavy (non-hydrogen) atoms. The van der Waals surface area contributed by atoms with Crippen molar-refractivity contribution in [1.29, 1.82) is 0 Å². The highest BCUT2D eigenvalue weighted by Gasteiger charge is 2.36. The predicted octanol–water partition coefficient (Wildman–Crippen LogP) is 2.67. The van der Waals surface area contributed by atoms with Crippen LogP contribution in [0.15, 0.2) is 36.4 Å². The van der Waals surface area contributed by atoms with E-state index >= 15 is 0 Å². The topological polar surface area (TPSA) is 79.0 Å². The summed E-state index contributed by atoms with van der Waals surface area (Å²) in [6.45, 7) is 3.27. The summed E-state index contributed by atoms with van der Waals surface area (Å²) in [6.07, 6.45) is -0.946. The molecule has 0 saturated heterocycles. The third kappa shape index (κ3) is 3.30. The van der Waals surface area contributed by atoms with Crippen molar-refractivity contribution in [3.05, 3.63) is 47.8 Å². The van der Waals surface area contributed by atoms with Gasteiger partial charge in [0.05, 0.1) is 11.4 Å². The normalized spacial score (nSPS) is 16.0. The molecular weight excluding hydrogens is 373 g/mol. The van der Waals surface area contributed by atoms with Crippen molar-refractivity contribution < 1.29 is 22.3 Å². The van der Waals surface area contributed by atoms with Crippen LogP contribution in [0.2, 0.25) is 0 Å². The Morgan fingerprint density at radius 2 is 1.74 bits per heavy atom. The number of aryl methyl sites for hydroxylation is 1. The number of hydrogen-bond donors (Lipinski definition) is 1. The van der Waals surface area contributed by atoms with Crippen LogP contribution in [0.4, 0.5) is 21.5 Å². The molecule has 0 spiro atoms. The second-order valence-corrected chi connectivity index (χ2v) is 8.27. The van der Waals surface area contributed by atoms with E-state index < -0.39 is 28.0 Å². The van der Waals surface area contributed by atoms with E-state index in [2.05, 4.69) is 5.32 Å². The molecule has 3 rings (SSSR count). The van der Waals surface area contributed by atoms with E-state index in [0.29, 0.717) is 22.6 Å². The monoisotopic (exact) mass is 393 g/mol. The van der Waals surface area contributed by atoms with E-state index in [0.717, 1.165) is 4.31 Å². The van der Waals surface area contributed by atoms with Gasteiger partial charge in [0.1, 0.15) is 0 Å². The van der Waals surface area contributed by atoms with Gasteiger partial charge in [-0.05, 0) is 43.7 Å². The average Bonchev–Trinajstić information content (AvgIpc) is 2.78. The van der Waals surface area contributed by atoms with E-state index in [1.54, 1.807) is 25.1 Å². The van der Waals surface area contributed by atoms with E-state index in [1.165, 1.54) is 43.5 Å². The Bertz CT molecular complexity index is 1010. The minimum absolute atomic E-state index is 0.0155. The zero-order valence-electron chi connectivity index (χ0n) is 15.4. The van der Waals surface area contributed by atoms with Crippen LogP contribution in [-0.4, -0.2) is 34.5 Å². The highest BCUT2D eigenvalue weighted by Crippen LogP contribution is 2.41. The second kappa shape index (κ2) is 6.73. The van der Waals surface area contributed by atoms with Crippen molar-refractivity contribution in [3.63, 3.8) is 0 Å². The quantitative estimate of drug-likeness (QED) is 0.866. The molecule has 0 saturated carbocycles. The van der Waals surface area contributed by atoms with Crippen LogP contribution < -0.4 is 18.7 Å². The molecule has 0 bridgehead atoms. The summed E-state index contributed by atoms with van der Waals surface area (Å²) < 4.78 is 45.9. The van der Waals surface area contributed by atoms with Crippen LogP contribution in [-0.2, 0) is 15.0 Å². The van der Waals surface area contributed by atoms with E-state index in [9.17, 15) is 17.6 Å². The van der Waals surface area contributed by atoms with Crippen molar-refractivity contribution in [3.8, 4) is 5.75 Å². The summed E-state index contributed by atoms with van der Waals surface area (Å²) in [5.41, 5.74) is 2.14. The number of nitrogens with zero attached hydrogens (tertiary/aromatic N) is 2. The molecule has 1 aliphatic rings. The Morgan fingerprint density at radius 3 is 2.37 bits per heavy atom. The van der Waals surface area contributed by atoms with Gasteiger partial charge in [0.2, 0.25) is 0 Å². The molecule has 0 aliphatic carbocycles. The molecule has 2 aromatic rings. The maximum absolute atomic E-state index is 13.7. The van der Waals surface area contributed by atoms with Crippen LogP contribution in [0.1, 0.15) is 12.5 Å². The first-order chi connectivity index (χ1) is 12.6. The molecule has 1 heterocycles. The predicted molar refractivity (Wildman–Crippen MR) is 102 cm³/mol. The molecule has 1 amide bonds. The van der Waals surface area contributed by atoms with Crippen molar-refractivity contribution in [1.82, 2.24) is 0 Å². The van der Waals surface area contributed by atoms with Crippen molar-refractivity contribution in [2.24, 2.45) is 0 Å². The number of carbonyl (C=O) groups excluding carboxylic acids is 1. The van der Waals surface area contributed by atoms with Crippen molar-refractivity contribution >= 4 is 33.2 Å². The molecule has 0 radical (unpaired) electrons. The average molecular weight is 393 g/mol.